The van der Waals surface area contributed by atoms with Gasteiger partial charge in [-0.05, 0) is 19.3 Å². The number of hydrogen-bond acceptors (Lipinski definition) is 2. The Labute approximate surface area is 101 Å². The van der Waals surface area contributed by atoms with Crippen LogP contribution in [0.3, 0.4) is 0 Å². The van der Waals surface area contributed by atoms with Crippen LogP contribution in [0.4, 0.5) is 4.79 Å². The summed E-state index contributed by atoms with van der Waals surface area (Å²) in [4.78, 5) is 25.7. The summed E-state index contributed by atoms with van der Waals surface area (Å²) >= 11 is 0. The molecule has 0 radical (unpaired) electrons. The molecular formula is C12H21N3O2. The fourth-order valence-electron chi connectivity index (χ4n) is 1.74. The van der Waals surface area contributed by atoms with Crippen LogP contribution < -0.4 is 5.56 Å². The number of carbonyl (C=O) groups is 1. The van der Waals surface area contributed by atoms with Crippen LogP contribution in [-0.2, 0) is 0 Å². The minimum absolute atomic E-state index is 0.119. The van der Waals surface area contributed by atoms with Gasteiger partial charge in [0.25, 0.3) is 5.56 Å². The van der Waals surface area contributed by atoms with E-state index in [1.807, 2.05) is 27.7 Å². The number of rotatable bonds is 4. The zero-order chi connectivity index (χ0) is 13.0. The van der Waals surface area contributed by atoms with Gasteiger partial charge in [-0.15, -0.1) is 0 Å². The maximum Gasteiger partial charge on any atom is 0.346 e. The number of aromatic amines is 1. The molecule has 5 heteroatoms. The molecule has 96 valence electrons. The van der Waals surface area contributed by atoms with Crippen molar-refractivity contribution in [1.82, 2.24) is 14.7 Å². The van der Waals surface area contributed by atoms with Crippen molar-refractivity contribution in [2.45, 2.75) is 40.0 Å². The molecule has 5 nitrogen and oxygen atoms in total. The topological polar surface area (TPSA) is 58.1 Å². The van der Waals surface area contributed by atoms with Crippen molar-refractivity contribution in [3.63, 3.8) is 0 Å². The molecule has 0 aromatic carbocycles. The molecule has 0 spiro atoms. The standard InChI is InChI=1S/C12H21N3O2/c1-5-7-14(6-2)12(17)15-11(16)10(8-13-15)9(3)4/h8-9,13H,5-7H2,1-4H3. The second kappa shape index (κ2) is 5.70. The molecule has 0 atom stereocenters. The lowest BCUT2D eigenvalue weighted by atomic mass is 10.1. The molecular weight excluding hydrogens is 218 g/mol. The fraction of sp³-hybridized carbons (Fsp3) is 0.667. The molecule has 0 saturated heterocycles. The molecule has 1 heterocycles. The minimum Gasteiger partial charge on any atom is -0.323 e. The fourth-order valence-corrected chi connectivity index (χ4v) is 1.74. The highest BCUT2D eigenvalue weighted by molar-refractivity contribution is 5.75. The zero-order valence-corrected chi connectivity index (χ0v) is 11.0. The van der Waals surface area contributed by atoms with Gasteiger partial charge in [-0.1, -0.05) is 20.8 Å². The van der Waals surface area contributed by atoms with Crippen LogP contribution in [0.25, 0.3) is 0 Å². The Bertz CT molecular complexity index is 431. The molecule has 0 aliphatic carbocycles. The van der Waals surface area contributed by atoms with E-state index in [9.17, 15) is 9.59 Å². The van der Waals surface area contributed by atoms with Gasteiger partial charge in [0.15, 0.2) is 0 Å². The van der Waals surface area contributed by atoms with Crippen LogP contribution in [0.5, 0.6) is 0 Å². The van der Waals surface area contributed by atoms with Gasteiger partial charge in [-0.3, -0.25) is 9.89 Å². The van der Waals surface area contributed by atoms with E-state index in [2.05, 4.69) is 5.10 Å². The summed E-state index contributed by atoms with van der Waals surface area (Å²) < 4.78 is 1.09. The molecule has 17 heavy (non-hydrogen) atoms. The maximum absolute atomic E-state index is 12.1. The number of carbonyl (C=O) groups excluding carboxylic acids is 1. The normalized spacial score (nSPS) is 10.9. The molecule has 0 unspecified atom stereocenters. The zero-order valence-electron chi connectivity index (χ0n) is 11.0. The van der Waals surface area contributed by atoms with Gasteiger partial charge in [0, 0.05) is 24.8 Å². The summed E-state index contributed by atoms with van der Waals surface area (Å²) in [6.45, 7) is 9.05. The van der Waals surface area contributed by atoms with Crippen LogP contribution in [-0.4, -0.2) is 33.8 Å². The van der Waals surface area contributed by atoms with Crippen molar-refractivity contribution < 1.29 is 4.79 Å². The molecule has 1 aromatic heterocycles. The molecule has 0 fully saturated rings. The van der Waals surface area contributed by atoms with Crippen molar-refractivity contribution >= 4 is 6.03 Å². The Kier molecular flexibility index (Phi) is 4.54. The van der Waals surface area contributed by atoms with Crippen LogP contribution in [0.2, 0.25) is 0 Å². The highest BCUT2D eigenvalue weighted by Crippen LogP contribution is 2.07. The van der Waals surface area contributed by atoms with E-state index in [4.69, 9.17) is 0 Å². The lowest BCUT2D eigenvalue weighted by molar-refractivity contribution is 0.198. The monoisotopic (exact) mass is 239 g/mol. The molecule has 0 saturated carbocycles. The van der Waals surface area contributed by atoms with Crippen molar-refractivity contribution in [1.29, 1.82) is 0 Å². The molecule has 1 rings (SSSR count). The van der Waals surface area contributed by atoms with Gasteiger partial charge in [0.05, 0.1) is 0 Å². The van der Waals surface area contributed by atoms with Crippen molar-refractivity contribution in [2.24, 2.45) is 0 Å². The number of hydrogen-bond donors (Lipinski definition) is 1. The summed E-state index contributed by atoms with van der Waals surface area (Å²) in [5.74, 6) is 0.119. The van der Waals surface area contributed by atoms with Crippen molar-refractivity contribution in [2.75, 3.05) is 13.1 Å². The maximum atomic E-state index is 12.1. The van der Waals surface area contributed by atoms with E-state index in [-0.39, 0.29) is 17.5 Å². The second-order valence-corrected chi connectivity index (χ2v) is 4.39. The van der Waals surface area contributed by atoms with Gasteiger partial charge in [-0.2, -0.15) is 4.68 Å². The van der Waals surface area contributed by atoms with Gasteiger partial charge in [0.1, 0.15) is 0 Å². The first-order chi connectivity index (χ1) is 8.02. The Morgan fingerprint density at radius 1 is 1.47 bits per heavy atom. The van der Waals surface area contributed by atoms with Crippen LogP contribution in [0.15, 0.2) is 11.0 Å². The largest absolute Gasteiger partial charge is 0.346 e. The summed E-state index contributed by atoms with van der Waals surface area (Å²) in [5.41, 5.74) is 0.408. The number of aromatic nitrogens is 2. The van der Waals surface area contributed by atoms with Gasteiger partial charge >= 0.3 is 6.03 Å². The molecule has 1 aromatic rings. The van der Waals surface area contributed by atoms with Gasteiger partial charge < -0.3 is 4.90 Å². The molecule has 1 amide bonds. The number of amides is 1. The minimum atomic E-state index is -0.272. The Morgan fingerprint density at radius 3 is 2.53 bits per heavy atom. The van der Waals surface area contributed by atoms with Crippen molar-refractivity contribution in [3.8, 4) is 0 Å². The molecule has 1 N–H and O–H groups in total. The SMILES string of the molecule is CCCN(CC)C(=O)n1[nH]cc(C(C)C)c1=O. The Hall–Kier alpha value is -1.52. The third-order valence-corrected chi connectivity index (χ3v) is 2.76. The summed E-state index contributed by atoms with van der Waals surface area (Å²) in [6, 6.07) is -0.272. The summed E-state index contributed by atoms with van der Waals surface area (Å²) in [7, 11) is 0. The lowest BCUT2D eigenvalue weighted by Gasteiger charge is -2.19. The number of nitrogens with one attached hydrogen (secondary N) is 1. The van der Waals surface area contributed by atoms with Crippen LogP contribution >= 0.6 is 0 Å². The average Bonchev–Trinajstić information content (AvgIpc) is 2.67. The summed E-state index contributed by atoms with van der Waals surface area (Å²) in [5, 5.41) is 2.74. The second-order valence-electron chi connectivity index (χ2n) is 4.39. The van der Waals surface area contributed by atoms with Crippen molar-refractivity contribution in [3.05, 3.63) is 22.1 Å². The average molecular weight is 239 g/mol. The van der Waals surface area contributed by atoms with E-state index >= 15 is 0 Å². The predicted molar refractivity (Wildman–Crippen MR) is 67.5 cm³/mol. The van der Waals surface area contributed by atoms with Crippen LogP contribution in [0, 0.1) is 0 Å². The van der Waals surface area contributed by atoms with Gasteiger partial charge in [-0.25, -0.2) is 4.79 Å². The van der Waals surface area contributed by atoms with E-state index in [1.165, 1.54) is 0 Å². The Morgan fingerprint density at radius 2 is 2.12 bits per heavy atom. The smallest absolute Gasteiger partial charge is 0.323 e. The quantitative estimate of drug-likeness (QED) is 0.873. The Balaban J connectivity index is 3.00. The molecule has 0 aliphatic heterocycles. The van der Waals surface area contributed by atoms with E-state index < -0.39 is 0 Å². The summed E-state index contributed by atoms with van der Waals surface area (Å²) in [6.07, 6.45) is 2.50. The van der Waals surface area contributed by atoms with E-state index in [0.717, 1.165) is 11.1 Å². The van der Waals surface area contributed by atoms with Crippen LogP contribution in [0.1, 0.15) is 45.6 Å². The van der Waals surface area contributed by atoms with Gasteiger partial charge in [0.2, 0.25) is 0 Å². The first-order valence-electron chi connectivity index (χ1n) is 6.12. The molecule has 0 aliphatic rings. The third kappa shape index (κ3) is 2.78. The van der Waals surface area contributed by atoms with E-state index in [0.29, 0.717) is 18.7 Å². The van der Waals surface area contributed by atoms with E-state index in [1.54, 1.807) is 11.1 Å². The first-order valence-corrected chi connectivity index (χ1v) is 6.12. The molecule has 0 bridgehead atoms. The number of H-pyrrole nitrogens is 1. The number of nitrogens with zero attached hydrogens (tertiary/aromatic N) is 2. The lowest BCUT2D eigenvalue weighted by Crippen LogP contribution is -2.40. The third-order valence-electron chi connectivity index (χ3n) is 2.76. The predicted octanol–water partition coefficient (Wildman–Crippen LogP) is 2.00. The highest BCUT2D eigenvalue weighted by Gasteiger charge is 2.18. The highest BCUT2D eigenvalue weighted by atomic mass is 16.2. The first kappa shape index (κ1) is 13.5.